The van der Waals surface area contributed by atoms with Crippen molar-refractivity contribution in [2.75, 3.05) is 5.32 Å². The standard InChI is InChI=1S/C21H27N3OS/c1-14-8-15(2)10-16(9-14)22-21(26)23-17-11-18-5-6-19(12-17)24(18)13-20-4-3-7-25-20/h3-4,7-10,17-19H,5-6,11-13H2,1-2H3,(H2,22,23,26)/t18-,19-/m1/s1. The molecule has 3 heterocycles. The van der Waals surface area contributed by atoms with Crippen molar-refractivity contribution < 1.29 is 4.42 Å². The van der Waals surface area contributed by atoms with E-state index in [2.05, 4.69) is 53.6 Å². The van der Waals surface area contributed by atoms with Gasteiger partial charge in [-0.05, 0) is 87.1 Å². The minimum Gasteiger partial charge on any atom is -0.468 e. The second kappa shape index (κ2) is 7.41. The number of thiocarbonyl (C=S) groups is 1. The van der Waals surface area contributed by atoms with Crippen LogP contribution in [0.2, 0.25) is 0 Å². The maximum absolute atomic E-state index is 5.57. The Morgan fingerprint density at radius 3 is 2.46 bits per heavy atom. The van der Waals surface area contributed by atoms with E-state index in [1.807, 2.05) is 6.07 Å². The number of fused-ring (bicyclic) bond motifs is 2. The van der Waals surface area contributed by atoms with Crippen molar-refractivity contribution in [2.45, 2.75) is 64.2 Å². The van der Waals surface area contributed by atoms with Crippen molar-refractivity contribution in [1.29, 1.82) is 0 Å². The lowest BCUT2D eigenvalue weighted by atomic mass is 9.97. The summed E-state index contributed by atoms with van der Waals surface area (Å²) in [6.07, 6.45) is 6.61. The molecule has 2 saturated heterocycles. The second-order valence-corrected chi connectivity index (χ2v) is 8.19. The summed E-state index contributed by atoms with van der Waals surface area (Å²) in [5.41, 5.74) is 3.57. The van der Waals surface area contributed by atoms with Crippen LogP contribution in [0.4, 0.5) is 5.69 Å². The molecule has 138 valence electrons. The molecule has 26 heavy (non-hydrogen) atoms. The zero-order chi connectivity index (χ0) is 18.1. The number of nitrogens with zero attached hydrogens (tertiary/aromatic N) is 1. The topological polar surface area (TPSA) is 40.4 Å². The van der Waals surface area contributed by atoms with Crippen LogP contribution in [-0.4, -0.2) is 28.1 Å². The molecule has 2 aromatic rings. The lowest BCUT2D eigenvalue weighted by Crippen LogP contribution is -2.50. The van der Waals surface area contributed by atoms with Gasteiger partial charge in [-0.15, -0.1) is 0 Å². The third kappa shape index (κ3) is 3.94. The highest BCUT2D eigenvalue weighted by molar-refractivity contribution is 7.80. The molecule has 1 aromatic heterocycles. The molecule has 5 heteroatoms. The number of rotatable bonds is 4. The summed E-state index contributed by atoms with van der Waals surface area (Å²) in [6.45, 7) is 5.16. The monoisotopic (exact) mass is 369 g/mol. The molecule has 2 atom stereocenters. The summed E-state index contributed by atoms with van der Waals surface area (Å²) in [4.78, 5) is 2.62. The molecule has 2 aliphatic heterocycles. The average Bonchev–Trinajstić information content (AvgIpc) is 3.14. The van der Waals surface area contributed by atoms with E-state index in [0.29, 0.717) is 18.1 Å². The van der Waals surface area contributed by atoms with Crippen molar-refractivity contribution in [3.63, 3.8) is 0 Å². The summed E-state index contributed by atoms with van der Waals surface area (Å²) in [5.74, 6) is 1.07. The van der Waals surface area contributed by atoms with Gasteiger partial charge in [-0.2, -0.15) is 0 Å². The molecule has 0 spiro atoms. The number of hydrogen-bond acceptors (Lipinski definition) is 3. The largest absolute Gasteiger partial charge is 0.468 e. The van der Waals surface area contributed by atoms with Crippen molar-refractivity contribution in [3.05, 3.63) is 53.5 Å². The molecule has 2 fully saturated rings. The van der Waals surface area contributed by atoms with Crippen molar-refractivity contribution in [2.24, 2.45) is 0 Å². The van der Waals surface area contributed by atoms with Gasteiger partial charge in [0, 0.05) is 23.8 Å². The van der Waals surface area contributed by atoms with Crippen LogP contribution in [0.1, 0.15) is 42.6 Å². The summed E-state index contributed by atoms with van der Waals surface area (Å²) in [5, 5.41) is 7.65. The molecule has 0 radical (unpaired) electrons. The summed E-state index contributed by atoms with van der Waals surface area (Å²) >= 11 is 5.57. The third-order valence-electron chi connectivity index (χ3n) is 5.62. The summed E-state index contributed by atoms with van der Waals surface area (Å²) in [6, 6.07) is 12.2. The SMILES string of the molecule is Cc1cc(C)cc(NC(=S)NC2C[C@H]3CC[C@H](C2)N3Cc2ccco2)c1. The van der Waals surface area contributed by atoms with Crippen molar-refractivity contribution >= 4 is 23.0 Å². The summed E-state index contributed by atoms with van der Waals surface area (Å²) < 4.78 is 5.55. The lowest BCUT2D eigenvalue weighted by molar-refractivity contribution is 0.106. The number of aryl methyl sites for hydroxylation is 2. The zero-order valence-corrected chi connectivity index (χ0v) is 16.3. The van der Waals surface area contributed by atoms with E-state index >= 15 is 0 Å². The fourth-order valence-electron chi connectivity index (χ4n) is 4.63. The van der Waals surface area contributed by atoms with Gasteiger partial charge < -0.3 is 15.1 Å². The van der Waals surface area contributed by atoms with Crippen molar-refractivity contribution in [3.8, 4) is 0 Å². The molecular formula is C21H27N3OS. The maximum atomic E-state index is 5.57. The van der Waals surface area contributed by atoms with Gasteiger partial charge in [0.05, 0.1) is 12.8 Å². The first-order valence-corrected chi connectivity index (χ1v) is 9.91. The first kappa shape index (κ1) is 17.6. The molecule has 0 amide bonds. The van der Waals surface area contributed by atoms with Crippen molar-refractivity contribution in [1.82, 2.24) is 10.2 Å². The number of nitrogens with one attached hydrogen (secondary N) is 2. The Balaban J connectivity index is 1.33. The van der Waals surface area contributed by atoms with E-state index in [4.69, 9.17) is 16.6 Å². The minimum absolute atomic E-state index is 0.450. The highest BCUT2D eigenvalue weighted by atomic mass is 32.1. The molecule has 0 saturated carbocycles. The van der Waals surface area contributed by atoms with Gasteiger partial charge >= 0.3 is 0 Å². The Hall–Kier alpha value is -1.85. The molecule has 2 bridgehead atoms. The highest BCUT2D eigenvalue weighted by Gasteiger charge is 2.41. The minimum atomic E-state index is 0.450. The van der Waals surface area contributed by atoms with E-state index < -0.39 is 0 Å². The molecule has 1 aromatic carbocycles. The second-order valence-electron chi connectivity index (χ2n) is 7.78. The first-order chi connectivity index (χ1) is 12.6. The molecule has 0 unspecified atom stereocenters. The van der Waals surface area contributed by atoms with Crippen LogP contribution in [0.3, 0.4) is 0 Å². The van der Waals surface area contributed by atoms with Crippen LogP contribution in [0, 0.1) is 13.8 Å². The Kier molecular flexibility index (Phi) is 5.00. The molecular weight excluding hydrogens is 342 g/mol. The molecule has 0 aliphatic carbocycles. The van der Waals surface area contributed by atoms with E-state index in [1.165, 1.54) is 24.0 Å². The third-order valence-corrected chi connectivity index (χ3v) is 5.84. The predicted octanol–water partition coefficient (Wildman–Crippen LogP) is 4.38. The fourth-order valence-corrected chi connectivity index (χ4v) is 4.92. The Morgan fingerprint density at radius 2 is 1.85 bits per heavy atom. The van der Waals surface area contributed by atoms with E-state index in [9.17, 15) is 0 Å². The smallest absolute Gasteiger partial charge is 0.170 e. The number of piperidine rings is 1. The van der Waals surface area contributed by atoms with Gasteiger partial charge in [0.1, 0.15) is 5.76 Å². The maximum Gasteiger partial charge on any atom is 0.170 e. The number of anilines is 1. The van der Waals surface area contributed by atoms with Gasteiger partial charge in [-0.3, -0.25) is 4.90 Å². The molecule has 2 N–H and O–H groups in total. The fraction of sp³-hybridized carbons (Fsp3) is 0.476. The average molecular weight is 370 g/mol. The molecule has 2 aliphatic rings. The van der Waals surface area contributed by atoms with Gasteiger partial charge in [-0.25, -0.2) is 0 Å². The van der Waals surface area contributed by atoms with Gasteiger partial charge in [0.25, 0.3) is 0 Å². The van der Waals surface area contributed by atoms with Gasteiger partial charge in [0.15, 0.2) is 5.11 Å². The van der Waals surface area contributed by atoms with E-state index in [-0.39, 0.29) is 0 Å². The Morgan fingerprint density at radius 1 is 1.15 bits per heavy atom. The summed E-state index contributed by atoms with van der Waals surface area (Å²) in [7, 11) is 0. The predicted molar refractivity (Wildman–Crippen MR) is 109 cm³/mol. The van der Waals surface area contributed by atoms with Crippen LogP contribution in [0.25, 0.3) is 0 Å². The Labute approximate surface area is 161 Å². The molecule has 4 nitrogen and oxygen atoms in total. The molecule has 4 rings (SSSR count). The van der Waals surface area contributed by atoms with E-state index in [0.717, 1.165) is 35.9 Å². The first-order valence-electron chi connectivity index (χ1n) is 9.51. The normalized spacial score (nSPS) is 25.2. The van der Waals surface area contributed by atoms with E-state index in [1.54, 1.807) is 6.26 Å². The van der Waals surface area contributed by atoms with Gasteiger partial charge in [0.2, 0.25) is 0 Å². The number of hydrogen-bond donors (Lipinski definition) is 2. The number of benzene rings is 1. The Bertz CT molecular complexity index is 739. The quantitative estimate of drug-likeness (QED) is 0.783. The number of furan rings is 1. The van der Waals surface area contributed by atoms with Crippen LogP contribution in [0.5, 0.6) is 0 Å². The van der Waals surface area contributed by atoms with Crippen LogP contribution < -0.4 is 10.6 Å². The highest BCUT2D eigenvalue weighted by Crippen LogP contribution is 2.36. The van der Waals surface area contributed by atoms with Crippen LogP contribution in [0.15, 0.2) is 41.0 Å². The van der Waals surface area contributed by atoms with Crippen LogP contribution in [-0.2, 0) is 6.54 Å². The zero-order valence-electron chi connectivity index (χ0n) is 15.5. The lowest BCUT2D eigenvalue weighted by Gasteiger charge is -2.39. The van der Waals surface area contributed by atoms with Gasteiger partial charge in [-0.1, -0.05) is 6.07 Å². The van der Waals surface area contributed by atoms with Crippen LogP contribution >= 0.6 is 12.2 Å².